The van der Waals surface area contributed by atoms with E-state index in [1.165, 1.54) is 24.3 Å². The van der Waals surface area contributed by atoms with Gasteiger partial charge in [0.25, 0.3) is 0 Å². The third-order valence-corrected chi connectivity index (χ3v) is 5.88. The first-order valence-corrected chi connectivity index (χ1v) is 10.9. The van der Waals surface area contributed by atoms with Gasteiger partial charge < -0.3 is 9.47 Å². The first-order chi connectivity index (χ1) is 16.4. The van der Waals surface area contributed by atoms with Crippen molar-refractivity contribution in [1.82, 2.24) is 0 Å². The Kier molecular flexibility index (Phi) is 7.44. The highest BCUT2D eigenvalue weighted by atomic mass is 19.2. The van der Waals surface area contributed by atoms with Crippen molar-refractivity contribution in [3.63, 3.8) is 0 Å². The van der Waals surface area contributed by atoms with E-state index in [4.69, 9.17) is 9.47 Å². The predicted octanol–water partition coefficient (Wildman–Crippen LogP) is 7.67. The van der Waals surface area contributed by atoms with Crippen LogP contribution >= 0.6 is 0 Å². The molecule has 7 heteroatoms. The second-order valence-corrected chi connectivity index (χ2v) is 8.22. The van der Waals surface area contributed by atoms with Crippen molar-refractivity contribution < 1.29 is 31.4 Å². The zero-order valence-corrected chi connectivity index (χ0v) is 18.3. The third-order valence-electron chi connectivity index (χ3n) is 5.88. The fourth-order valence-corrected chi connectivity index (χ4v) is 3.97. The number of halogens is 5. The second kappa shape index (κ2) is 10.5. The van der Waals surface area contributed by atoms with E-state index in [0.717, 1.165) is 31.0 Å². The number of ether oxygens (including phenoxy) is 2. The van der Waals surface area contributed by atoms with Crippen LogP contribution in [0.4, 0.5) is 22.0 Å². The quantitative estimate of drug-likeness (QED) is 0.258. The van der Waals surface area contributed by atoms with Crippen molar-refractivity contribution in [3.05, 3.63) is 95.6 Å². The van der Waals surface area contributed by atoms with Crippen LogP contribution in [-0.2, 0) is 16.1 Å². The highest BCUT2D eigenvalue weighted by Gasteiger charge is 2.24. The zero-order valence-electron chi connectivity index (χ0n) is 18.3. The van der Waals surface area contributed by atoms with Gasteiger partial charge in [0, 0.05) is 22.6 Å². The topological polar surface area (TPSA) is 18.5 Å². The van der Waals surface area contributed by atoms with Gasteiger partial charge in [0.2, 0.25) is 0 Å². The Balaban J connectivity index is 1.53. The SMILES string of the molecule is C=CCCC1COC(c2ccc(-c3ccc(-c4cc(F)c(CF)c(F)c4)c(F)c3)c(F)c2)OC1. The molecule has 2 nitrogen and oxygen atoms in total. The molecule has 3 aromatic rings. The summed E-state index contributed by atoms with van der Waals surface area (Å²) >= 11 is 0. The summed E-state index contributed by atoms with van der Waals surface area (Å²) in [6.07, 6.45) is 2.94. The highest BCUT2D eigenvalue weighted by Crippen LogP contribution is 2.33. The molecular weight excluding hydrogens is 451 g/mol. The molecule has 0 spiro atoms. The first kappa shape index (κ1) is 24.1. The monoisotopic (exact) mass is 474 g/mol. The van der Waals surface area contributed by atoms with Gasteiger partial charge in [0.05, 0.1) is 18.8 Å². The Bertz CT molecular complexity index is 1160. The summed E-state index contributed by atoms with van der Waals surface area (Å²) in [5.41, 5.74) is 0.0465. The summed E-state index contributed by atoms with van der Waals surface area (Å²) in [6, 6.07) is 10.0. The van der Waals surface area contributed by atoms with Gasteiger partial charge in [-0.2, -0.15) is 0 Å². The minimum absolute atomic E-state index is 0.0786. The standard InChI is InChI=1S/C27H23F5O2/c1-2-3-4-16-14-33-27(34-15-16)18-6-8-20(24(30)10-18)17-5-7-21(23(29)9-17)19-11-25(31)22(13-28)26(32)12-19/h2,5-12,16,27H,1,3-4,13-15H2. The molecule has 0 saturated carbocycles. The van der Waals surface area contributed by atoms with E-state index in [2.05, 4.69) is 6.58 Å². The lowest BCUT2D eigenvalue weighted by Gasteiger charge is -2.29. The molecule has 34 heavy (non-hydrogen) atoms. The summed E-state index contributed by atoms with van der Waals surface area (Å²) in [6.45, 7) is 3.40. The molecule has 0 unspecified atom stereocenters. The number of hydrogen-bond acceptors (Lipinski definition) is 2. The summed E-state index contributed by atoms with van der Waals surface area (Å²) in [5.74, 6) is -3.31. The molecule has 1 aliphatic rings. The lowest BCUT2D eigenvalue weighted by molar-refractivity contribution is -0.205. The van der Waals surface area contributed by atoms with Crippen LogP contribution in [0.3, 0.4) is 0 Å². The van der Waals surface area contributed by atoms with Gasteiger partial charge in [-0.25, -0.2) is 22.0 Å². The molecule has 0 aliphatic carbocycles. The smallest absolute Gasteiger partial charge is 0.183 e. The Morgan fingerprint density at radius 3 is 1.97 bits per heavy atom. The lowest BCUT2D eigenvalue weighted by atomic mass is 9.97. The van der Waals surface area contributed by atoms with Crippen molar-refractivity contribution in [2.75, 3.05) is 13.2 Å². The highest BCUT2D eigenvalue weighted by molar-refractivity contribution is 5.72. The lowest BCUT2D eigenvalue weighted by Crippen LogP contribution is -2.27. The molecule has 0 aromatic heterocycles. The maximum Gasteiger partial charge on any atom is 0.183 e. The van der Waals surface area contributed by atoms with Crippen LogP contribution < -0.4 is 0 Å². The maximum atomic E-state index is 14.9. The van der Waals surface area contributed by atoms with E-state index >= 15 is 0 Å². The Hall–Kier alpha value is -3.03. The Morgan fingerprint density at radius 1 is 0.794 bits per heavy atom. The average Bonchev–Trinajstić information content (AvgIpc) is 2.82. The summed E-state index contributed by atoms with van der Waals surface area (Å²) < 4.78 is 81.7. The molecule has 0 radical (unpaired) electrons. The van der Waals surface area contributed by atoms with E-state index < -0.39 is 41.8 Å². The maximum absolute atomic E-state index is 14.9. The minimum atomic E-state index is -1.30. The van der Waals surface area contributed by atoms with Crippen LogP contribution in [0.1, 0.15) is 30.3 Å². The van der Waals surface area contributed by atoms with Crippen molar-refractivity contribution in [2.45, 2.75) is 25.8 Å². The largest absolute Gasteiger partial charge is 0.348 e. The first-order valence-electron chi connectivity index (χ1n) is 10.9. The zero-order chi connectivity index (χ0) is 24.2. The number of allylic oxidation sites excluding steroid dienone is 1. The third kappa shape index (κ3) is 5.05. The van der Waals surface area contributed by atoms with Crippen LogP contribution in [0.5, 0.6) is 0 Å². The molecule has 1 aliphatic heterocycles. The summed E-state index contributed by atoms with van der Waals surface area (Å²) in [4.78, 5) is 0. The molecular formula is C27H23F5O2. The van der Waals surface area contributed by atoms with Gasteiger partial charge in [0.15, 0.2) is 6.29 Å². The predicted molar refractivity (Wildman–Crippen MR) is 120 cm³/mol. The van der Waals surface area contributed by atoms with Gasteiger partial charge in [0.1, 0.15) is 29.9 Å². The number of benzene rings is 3. The Morgan fingerprint density at radius 2 is 1.38 bits per heavy atom. The van der Waals surface area contributed by atoms with E-state index in [9.17, 15) is 22.0 Å². The molecule has 178 valence electrons. The molecule has 1 heterocycles. The molecule has 0 bridgehead atoms. The van der Waals surface area contributed by atoms with Crippen LogP contribution in [-0.4, -0.2) is 13.2 Å². The molecule has 0 N–H and O–H groups in total. The summed E-state index contributed by atoms with van der Waals surface area (Å²) in [7, 11) is 0. The van der Waals surface area contributed by atoms with E-state index in [1.807, 2.05) is 6.08 Å². The van der Waals surface area contributed by atoms with Crippen LogP contribution in [0.15, 0.2) is 61.2 Å². The second-order valence-electron chi connectivity index (χ2n) is 8.22. The van der Waals surface area contributed by atoms with Crippen molar-refractivity contribution in [1.29, 1.82) is 0 Å². The number of rotatable bonds is 7. The Labute approximate surface area is 194 Å². The fourth-order valence-electron chi connectivity index (χ4n) is 3.97. The van der Waals surface area contributed by atoms with Gasteiger partial charge in [-0.1, -0.05) is 30.3 Å². The molecule has 1 saturated heterocycles. The molecule has 3 aromatic carbocycles. The molecule has 0 atom stereocenters. The van der Waals surface area contributed by atoms with E-state index in [-0.39, 0.29) is 28.2 Å². The minimum Gasteiger partial charge on any atom is -0.348 e. The van der Waals surface area contributed by atoms with Gasteiger partial charge in [-0.3, -0.25) is 0 Å². The van der Waals surface area contributed by atoms with Crippen LogP contribution in [0.2, 0.25) is 0 Å². The number of alkyl halides is 1. The van der Waals surface area contributed by atoms with Gasteiger partial charge in [-0.05, 0) is 48.2 Å². The van der Waals surface area contributed by atoms with Crippen LogP contribution in [0, 0.1) is 29.2 Å². The van der Waals surface area contributed by atoms with Crippen molar-refractivity contribution in [2.24, 2.45) is 5.92 Å². The normalized spacial score (nSPS) is 18.1. The van der Waals surface area contributed by atoms with Gasteiger partial charge in [-0.15, -0.1) is 6.58 Å². The molecule has 0 amide bonds. The van der Waals surface area contributed by atoms with Gasteiger partial charge >= 0.3 is 0 Å². The van der Waals surface area contributed by atoms with E-state index in [1.54, 1.807) is 6.07 Å². The fraction of sp³-hybridized carbons (Fsp3) is 0.259. The van der Waals surface area contributed by atoms with Crippen LogP contribution in [0.25, 0.3) is 22.3 Å². The summed E-state index contributed by atoms with van der Waals surface area (Å²) in [5, 5.41) is 0. The molecule has 1 fully saturated rings. The van der Waals surface area contributed by atoms with Crippen molar-refractivity contribution >= 4 is 0 Å². The van der Waals surface area contributed by atoms with Crippen molar-refractivity contribution in [3.8, 4) is 22.3 Å². The van der Waals surface area contributed by atoms with E-state index in [0.29, 0.717) is 18.8 Å². The average molecular weight is 474 g/mol. The number of hydrogen-bond donors (Lipinski definition) is 0. The molecule has 4 rings (SSSR count).